The quantitative estimate of drug-likeness (QED) is 0.349. The van der Waals surface area contributed by atoms with Crippen molar-refractivity contribution in [3.8, 4) is 0 Å². The van der Waals surface area contributed by atoms with E-state index >= 15 is 0 Å². The zero-order chi connectivity index (χ0) is 16.5. The zero-order valence-electron chi connectivity index (χ0n) is 12.7. The molecule has 0 aliphatic heterocycles. The van der Waals surface area contributed by atoms with Gasteiger partial charge in [0.05, 0.1) is 12.7 Å². The summed E-state index contributed by atoms with van der Waals surface area (Å²) in [6.45, 7) is 2.54. The molecule has 0 amide bonds. The summed E-state index contributed by atoms with van der Waals surface area (Å²) in [6, 6.07) is 9.41. The van der Waals surface area contributed by atoms with Crippen molar-refractivity contribution in [2.45, 2.75) is 42.5 Å². The Bertz CT molecular complexity index is 443. The molecule has 0 radical (unpaired) electrons. The van der Waals surface area contributed by atoms with Crippen LogP contribution in [0.5, 0.6) is 0 Å². The lowest BCUT2D eigenvalue weighted by atomic mass is 10.2. The van der Waals surface area contributed by atoms with E-state index < -0.39 is 29.7 Å². The van der Waals surface area contributed by atoms with E-state index in [1.165, 1.54) is 25.6 Å². The van der Waals surface area contributed by atoms with Crippen LogP contribution in [0.1, 0.15) is 13.8 Å². The van der Waals surface area contributed by atoms with E-state index in [0.29, 0.717) is 0 Å². The molecule has 0 saturated carbocycles. The summed E-state index contributed by atoms with van der Waals surface area (Å²) >= 11 is 1.32. The first kappa shape index (κ1) is 18.9. The molecule has 0 aliphatic carbocycles. The molecule has 4 atom stereocenters. The minimum Gasteiger partial charge on any atom is -0.457 e. The molecule has 7 heteroatoms. The third kappa shape index (κ3) is 6.33. The Morgan fingerprint density at radius 1 is 1.32 bits per heavy atom. The summed E-state index contributed by atoms with van der Waals surface area (Å²) in [4.78, 5) is 12.1. The van der Waals surface area contributed by atoms with Crippen LogP contribution < -0.4 is 5.73 Å². The Morgan fingerprint density at radius 2 is 1.95 bits per heavy atom. The van der Waals surface area contributed by atoms with Crippen LogP contribution >= 0.6 is 11.8 Å². The summed E-state index contributed by atoms with van der Waals surface area (Å²) < 4.78 is 10.9. The number of thioether (sulfide) groups is 1. The van der Waals surface area contributed by atoms with Crippen molar-refractivity contribution in [3.05, 3.63) is 30.3 Å². The lowest BCUT2D eigenvalue weighted by molar-refractivity contribution is -0.155. The van der Waals surface area contributed by atoms with Gasteiger partial charge in [-0.1, -0.05) is 30.0 Å². The van der Waals surface area contributed by atoms with E-state index in [1.807, 2.05) is 30.3 Å². The average molecular weight is 329 g/mol. The number of benzene rings is 1. The molecular weight excluding hydrogens is 306 g/mol. The van der Waals surface area contributed by atoms with Crippen LogP contribution in [-0.4, -0.2) is 53.1 Å². The van der Waals surface area contributed by atoms with E-state index in [-0.39, 0.29) is 13.2 Å². The maximum atomic E-state index is 11.2. The maximum absolute atomic E-state index is 11.2. The van der Waals surface area contributed by atoms with Gasteiger partial charge in [0.15, 0.2) is 0 Å². The van der Waals surface area contributed by atoms with Gasteiger partial charge in [-0.25, -0.2) is 0 Å². The van der Waals surface area contributed by atoms with E-state index in [0.717, 1.165) is 4.90 Å². The van der Waals surface area contributed by atoms with Crippen LogP contribution in [0.15, 0.2) is 35.2 Å². The first-order valence-corrected chi connectivity index (χ1v) is 7.89. The van der Waals surface area contributed by atoms with Gasteiger partial charge in [0.25, 0.3) is 0 Å². The predicted octanol–water partition coefficient (Wildman–Crippen LogP) is 0.754. The molecule has 22 heavy (non-hydrogen) atoms. The molecule has 4 unspecified atom stereocenters. The maximum Gasteiger partial charge on any atom is 0.303 e. The number of rotatable bonds is 9. The van der Waals surface area contributed by atoms with Crippen LogP contribution in [0.3, 0.4) is 0 Å². The van der Waals surface area contributed by atoms with Gasteiger partial charge in [0, 0.05) is 18.4 Å². The Balaban J connectivity index is 2.89. The van der Waals surface area contributed by atoms with Crippen molar-refractivity contribution in [3.63, 3.8) is 0 Å². The van der Waals surface area contributed by atoms with Crippen molar-refractivity contribution in [1.82, 2.24) is 0 Å². The van der Waals surface area contributed by atoms with Crippen LogP contribution in [0.2, 0.25) is 0 Å². The number of carbonyl (C=O) groups is 1. The van der Waals surface area contributed by atoms with Gasteiger partial charge in [-0.05, 0) is 19.1 Å². The molecule has 0 aliphatic rings. The number of aliphatic hydroxyl groups excluding tert-OH is 2. The molecule has 1 rings (SSSR count). The number of esters is 1. The summed E-state index contributed by atoms with van der Waals surface area (Å²) in [5.74, 6) is -0.463. The normalized spacial score (nSPS) is 16.6. The number of aliphatic hydroxyl groups is 2. The van der Waals surface area contributed by atoms with Gasteiger partial charge in [-0.3, -0.25) is 4.79 Å². The fourth-order valence-corrected chi connectivity index (χ4v) is 2.83. The summed E-state index contributed by atoms with van der Waals surface area (Å²) in [5.41, 5.74) is 5.04. The van der Waals surface area contributed by atoms with Gasteiger partial charge in [-0.2, -0.15) is 0 Å². The largest absolute Gasteiger partial charge is 0.457 e. The van der Waals surface area contributed by atoms with Crippen molar-refractivity contribution in [1.29, 1.82) is 0 Å². The lowest BCUT2D eigenvalue weighted by Gasteiger charge is -2.30. The summed E-state index contributed by atoms with van der Waals surface area (Å²) in [7, 11) is 0. The SMILES string of the molecule is CC(=O)OC(CN)C(OC(CO)C(C)O)Sc1ccccc1. The topological polar surface area (TPSA) is 102 Å². The zero-order valence-corrected chi connectivity index (χ0v) is 13.5. The Kier molecular flexibility index (Phi) is 8.44. The number of hydrogen-bond acceptors (Lipinski definition) is 7. The molecule has 1 aromatic rings. The van der Waals surface area contributed by atoms with Gasteiger partial charge >= 0.3 is 5.97 Å². The van der Waals surface area contributed by atoms with Crippen molar-refractivity contribution in [2.75, 3.05) is 13.2 Å². The smallest absolute Gasteiger partial charge is 0.303 e. The molecule has 4 N–H and O–H groups in total. The lowest BCUT2D eigenvalue weighted by Crippen LogP contribution is -2.42. The van der Waals surface area contributed by atoms with Crippen LogP contribution in [-0.2, 0) is 14.3 Å². The first-order chi connectivity index (χ1) is 10.5. The van der Waals surface area contributed by atoms with Crippen molar-refractivity contribution in [2.24, 2.45) is 5.73 Å². The molecule has 6 nitrogen and oxygen atoms in total. The highest BCUT2D eigenvalue weighted by Crippen LogP contribution is 2.28. The van der Waals surface area contributed by atoms with Crippen molar-refractivity contribution >= 4 is 17.7 Å². The van der Waals surface area contributed by atoms with Gasteiger partial charge in [0.2, 0.25) is 0 Å². The van der Waals surface area contributed by atoms with Gasteiger partial charge in [-0.15, -0.1) is 0 Å². The molecular formula is C15H23NO5S. The fraction of sp³-hybridized carbons (Fsp3) is 0.533. The average Bonchev–Trinajstić information content (AvgIpc) is 2.49. The number of nitrogens with two attached hydrogens (primary N) is 1. The van der Waals surface area contributed by atoms with E-state index in [2.05, 4.69) is 0 Å². The number of ether oxygens (including phenoxy) is 2. The first-order valence-electron chi connectivity index (χ1n) is 7.01. The number of hydrogen-bond donors (Lipinski definition) is 3. The molecule has 0 fully saturated rings. The molecule has 0 heterocycles. The standard InChI is InChI=1S/C15H23NO5S/c1-10(18)14(9-17)21-15(13(8-16)20-11(2)19)22-12-6-4-3-5-7-12/h3-7,10,13-15,17-18H,8-9,16H2,1-2H3. The van der Waals surface area contributed by atoms with Gasteiger partial charge < -0.3 is 25.4 Å². The third-order valence-corrected chi connectivity index (χ3v) is 4.07. The van der Waals surface area contributed by atoms with E-state index in [9.17, 15) is 15.0 Å². The Labute approximate surface area is 134 Å². The Morgan fingerprint density at radius 3 is 2.41 bits per heavy atom. The van der Waals surface area contributed by atoms with E-state index in [4.69, 9.17) is 15.2 Å². The minimum absolute atomic E-state index is 0.0715. The van der Waals surface area contributed by atoms with Gasteiger partial charge in [0.1, 0.15) is 17.6 Å². The molecule has 0 spiro atoms. The molecule has 0 saturated heterocycles. The highest BCUT2D eigenvalue weighted by molar-refractivity contribution is 7.99. The molecule has 1 aromatic carbocycles. The molecule has 0 aromatic heterocycles. The highest BCUT2D eigenvalue weighted by atomic mass is 32.2. The third-order valence-electron chi connectivity index (χ3n) is 2.88. The summed E-state index contributed by atoms with van der Waals surface area (Å²) in [5, 5.41) is 18.9. The van der Waals surface area contributed by atoms with E-state index in [1.54, 1.807) is 0 Å². The second-order valence-corrected chi connectivity index (χ2v) is 5.95. The van der Waals surface area contributed by atoms with Crippen LogP contribution in [0, 0.1) is 0 Å². The highest BCUT2D eigenvalue weighted by Gasteiger charge is 2.29. The molecule has 124 valence electrons. The second-order valence-electron chi connectivity index (χ2n) is 4.78. The predicted molar refractivity (Wildman–Crippen MR) is 84.3 cm³/mol. The second kappa shape index (κ2) is 9.81. The van der Waals surface area contributed by atoms with Crippen LogP contribution in [0.25, 0.3) is 0 Å². The number of carbonyl (C=O) groups excluding carboxylic acids is 1. The summed E-state index contributed by atoms with van der Waals surface area (Å²) in [6.07, 6.45) is -2.33. The Hall–Kier alpha value is -1.12. The van der Waals surface area contributed by atoms with Crippen molar-refractivity contribution < 1.29 is 24.5 Å². The monoisotopic (exact) mass is 329 g/mol. The molecule has 0 bridgehead atoms. The van der Waals surface area contributed by atoms with Crippen LogP contribution in [0.4, 0.5) is 0 Å². The minimum atomic E-state index is -0.861. The fourth-order valence-electron chi connectivity index (χ4n) is 1.73.